The van der Waals surface area contributed by atoms with Gasteiger partial charge in [-0.2, -0.15) is 0 Å². The Labute approximate surface area is 143 Å². The lowest BCUT2D eigenvalue weighted by molar-refractivity contribution is -0.121. The van der Waals surface area contributed by atoms with Crippen molar-refractivity contribution in [3.63, 3.8) is 0 Å². The van der Waals surface area contributed by atoms with Gasteiger partial charge in [0.1, 0.15) is 0 Å². The fraction of sp³-hybridized carbons (Fsp3) is 0.579. The van der Waals surface area contributed by atoms with Gasteiger partial charge >= 0.3 is 0 Å². The summed E-state index contributed by atoms with van der Waals surface area (Å²) in [5, 5.41) is 14.9. The Morgan fingerprint density at radius 3 is 2.67 bits per heavy atom. The first-order valence-electron chi connectivity index (χ1n) is 8.85. The number of aliphatic hydroxyl groups is 1. The number of hydrogen-bond acceptors (Lipinski definition) is 3. The van der Waals surface area contributed by atoms with Gasteiger partial charge in [0.2, 0.25) is 5.91 Å². The van der Waals surface area contributed by atoms with Crippen LogP contribution in [0.1, 0.15) is 54.4 Å². The van der Waals surface area contributed by atoms with Gasteiger partial charge in [-0.3, -0.25) is 9.59 Å². The zero-order chi connectivity index (χ0) is 17.4. The van der Waals surface area contributed by atoms with E-state index in [0.717, 1.165) is 18.4 Å². The average Bonchev–Trinajstić information content (AvgIpc) is 2.60. The fourth-order valence-corrected chi connectivity index (χ4v) is 3.41. The number of nitrogens with one attached hydrogen (secondary N) is 2. The van der Waals surface area contributed by atoms with Crippen LogP contribution in [0.25, 0.3) is 0 Å². The molecule has 0 spiro atoms. The van der Waals surface area contributed by atoms with Crippen LogP contribution >= 0.6 is 0 Å². The second-order valence-electron chi connectivity index (χ2n) is 6.64. The SMILES string of the molecule is Cc1cccc(C(=O)NCC(=O)NC(CCO)C2CCCCC2)c1. The summed E-state index contributed by atoms with van der Waals surface area (Å²) in [6, 6.07) is 7.28. The molecule has 24 heavy (non-hydrogen) atoms. The molecule has 0 saturated heterocycles. The van der Waals surface area contributed by atoms with Crippen molar-refractivity contribution < 1.29 is 14.7 Å². The normalized spacial score (nSPS) is 16.4. The molecule has 2 rings (SSSR count). The predicted octanol–water partition coefficient (Wildman–Crippen LogP) is 2.17. The predicted molar refractivity (Wildman–Crippen MR) is 93.7 cm³/mol. The molecular weight excluding hydrogens is 304 g/mol. The van der Waals surface area contributed by atoms with E-state index in [2.05, 4.69) is 10.6 Å². The standard InChI is InChI=1S/C19H28N2O3/c1-14-6-5-9-16(12-14)19(24)20-13-18(23)21-17(10-11-22)15-7-3-2-4-8-15/h5-6,9,12,15,17,22H,2-4,7-8,10-11,13H2,1H3,(H,20,24)(H,21,23). The Balaban J connectivity index is 1.83. The number of aryl methyl sites for hydroxylation is 1. The van der Waals surface area contributed by atoms with Gasteiger partial charge in [-0.25, -0.2) is 0 Å². The second kappa shape index (κ2) is 9.42. The molecule has 1 atom stereocenters. The maximum atomic E-state index is 12.2. The Kier molecular flexibility index (Phi) is 7.25. The molecule has 5 heteroatoms. The molecule has 2 amide bonds. The minimum Gasteiger partial charge on any atom is -0.396 e. The van der Waals surface area contributed by atoms with Crippen molar-refractivity contribution in [2.24, 2.45) is 5.92 Å². The van der Waals surface area contributed by atoms with E-state index >= 15 is 0 Å². The minimum absolute atomic E-state index is 0.00123. The van der Waals surface area contributed by atoms with Gasteiger partial charge in [-0.1, -0.05) is 37.0 Å². The van der Waals surface area contributed by atoms with E-state index in [0.29, 0.717) is 17.9 Å². The molecule has 3 N–H and O–H groups in total. The van der Waals surface area contributed by atoms with E-state index < -0.39 is 0 Å². The summed E-state index contributed by atoms with van der Waals surface area (Å²) < 4.78 is 0. The highest BCUT2D eigenvalue weighted by molar-refractivity contribution is 5.96. The number of amides is 2. The topological polar surface area (TPSA) is 78.4 Å². The van der Waals surface area contributed by atoms with Gasteiger partial charge in [0, 0.05) is 18.2 Å². The molecule has 1 aromatic carbocycles. The highest BCUT2D eigenvalue weighted by Gasteiger charge is 2.24. The smallest absolute Gasteiger partial charge is 0.251 e. The third-order valence-corrected chi connectivity index (χ3v) is 4.70. The van der Waals surface area contributed by atoms with E-state index in [1.165, 1.54) is 19.3 Å². The highest BCUT2D eigenvalue weighted by Crippen LogP contribution is 2.27. The van der Waals surface area contributed by atoms with Crippen LogP contribution < -0.4 is 10.6 Å². The van der Waals surface area contributed by atoms with Crippen LogP contribution in [0.2, 0.25) is 0 Å². The molecule has 1 aromatic rings. The highest BCUT2D eigenvalue weighted by atomic mass is 16.3. The summed E-state index contributed by atoms with van der Waals surface area (Å²) in [4.78, 5) is 24.2. The van der Waals surface area contributed by atoms with Crippen LogP contribution in [0, 0.1) is 12.8 Å². The van der Waals surface area contributed by atoms with Crippen molar-refractivity contribution in [1.82, 2.24) is 10.6 Å². The summed E-state index contributed by atoms with van der Waals surface area (Å²) in [5.41, 5.74) is 1.56. The number of carbonyl (C=O) groups excluding carboxylic acids is 2. The Bertz CT molecular complexity index is 553. The molecule has 1 aliphatic carbocycles. The molecule has 0 heterocycles. The number of rotatable bonds is 7. The van der Waals surface area contributed by atoms with Crippen LogP contribution in [0.4, 0.5) is 0 Å². The van der Waals surface area contributed by atoms with Crippen molar-refractivity contribution in [3.8, 4) is 0 Å². The molecular formula is C19H28N2O3. The first kappa shape index (κ1) is 18.5. The van der Waals surface area contributed by atoms with Crippen LogP contribution in [0.3, 0.4) is 0 Å². The second-order valence-corrected chi connectivity index (χ2v) is 6.64. The van der Waals surface area contributed by atoms with Crippen molar-refractivity contribution in [3.05, 3.63) is 35.4 Å². The molecule has 0 radical (unpaired) electrons. The maximum absolute atomic E-state index is 12.2. The molecule has 0 bridgehead atoms. The Morgan fingerprint density at radius 1 is 1.25 bits per heavy atom. The zero-order valence-electron chi connectivity index (χ0n) is 14.4. The summed E-state index contributed by atoms with van der Waals surface area (Å²) >= 11 is 0. The van der Waals surface area contributed by atoms with Crippen molar-refractivity contribution >= 4 is 11.8 Å². The van der Waals surface area contributed by atoms with E-state index in [9.17, 15) is 14.7 Å². The largest absolute Gasteiger partial charge is 0.396 e. The molecule has 132 valence electrons. The van der Waals surface area contributed by atoms with Gasteiger partial charge in [0.25, 0.3) is 5.91 Å². The third kappa shape index (κ3) is 5.64. The maximum Gasteiger partial charge on any atom is 0.251 e. The minimum atomic E-state index is -0.245. The van der Waals surface area contributed by atoms with Crippen LogP contribution in [-0.4, -0.2) is 36.1 Å². The number of carbonyl (C=O) groups is 2. The molecule has 5 nitrogen and oxygen atoms in total. The molecule has 1 saturated carbocycles. The number of benzene rings is 1. The average molecular weight is 332 g/mol. The van der Waals surface area contributed by atoms with E-state index in [4.69, 9.17) is 0 Å². The van der Waals surface area contributed by atoms with Crippen LogP contribution in [-0.2, 0) is 4.79 Å². The molecule has 1 aliphatic rings. The number of hydrogen-bond donors (Lipinski definition) is 3. The summed E-state index contributed by atoms with van der Waals surface area (Å²) in [6.45, 7) is 1.95. The lowest BCUT2D eigenvalue weighted by atomic mass is 9.82. The Hall–Kier alpha value is -1.88. The van der Waals surface area contributed by atoms with E-state index in [1.54, 1.807) is 12.1 Å². The fourth-order valence-electron chi connectivity index (χ4n) is 3.41. The first-order valence-corrected chi connectivity index (χ1v) is 8.85. The quantitative estimate of drug-likeness (QED) is 0.716. The molecule has 0 aliphatic heterocycles. The van der Waals surface area contributed by atoms with Crippen LogP contribution in [0.5, 0.6) is 0 Å². The first-order chi connectivity index (χ1) is 11.6. The summed E-state index contributed by atoms with van der Waals surface area (Å²) in [6.07, 6.45) is 6.39. The molecule has 1 unspecified atom stereocenters. The Morgan fingerprint density at radius 2 is 2.00 bits per heavy atom. The summed E-state index contributed by atoms with van der Waals surface area (Å²) in [5.74, 6) is -0.00687. The van der Waals surface area contributed by atoms with Crippen molar-refractivity contribution in [2.45, 2.75) is 51.5 Å². The molecule has 0 aromatic heterocycles. The van der Waals surface area contributed by atoms with Crippen LogP contribution in [0.15, 0.2) is 24.3 Å². The van der Waals surface area contributed by atoms with Gasteiger partial charge in [-0.05, 0) is 44.2 Å². The van der Waals surface area contributed by atoms with Gasteiger partial charge in [-0.15, -0.1) is 0 Å². The van der Waals surface area contributed by atoms with E-state index in [1.807, 2.05) is 19.1 Å². The number of aliphatic hydroxyl groups excluding tert-OH is 1. The third-order valence-electron chi connectivity index (χ3n) is 4.70. The van der Waals surface area contributed by atoms with Crippen molar-refractivity contribution in [2.75, 3.05) is 13.2 Å². The summed E-state index contributed by atoms with van der Waals surface area (Å²) in [7, 11) is 0. The monoisotopic (exact) mass is 332 g/mol. The zero-order valence-corrected chi connectivity index (χ0v) is 14.4. The van der Waals surface area contributed by atoms with Crippen molar-refractivity contribution in [1.29, 1.82) is 0 Å². The van der Waals surface area contributed by atoms with Gasteiger partial charge < -0.3 is 15.7 Å². The lowest BCUT2D eigenvalue weighted by Gasteiger charge is -2.30. The lowest BCUT2D eigenvalue weighted by Crippen LogP contribution is -2.46. The van der Waals surface area contributed by atoms with Gasteiger partial charge in [0.15, 0.2) is 0 Å². The van der Waals surface area contributed by atoms with Gasteiger partial charge in [0.05, 0.1) is 6.54 Å². The molecule has 1 fully saturated rings. The van der Waals surface area contributed by atoms with E-state index in [-0.39, 0.29) is 31.0 Å².